The molecular weight excluding hydrogens is 289 g/mol. The Morgan fingerprint density at radius 3 is 2.43 bits per heavy atom. The average Bonchev–Trinajstić information content (AvgIpc) is 2.71. The third kappa shape index (κ3) is 6.79. The number of rotatable bonds is 4. The summed E-state index contributed by atoms with van der Waals surface area (Å²) >= 11 is 0. The maximum atomic E-state index is 12.0. The highest BCUT2D eigenvalue weighted by Crippen LogP contribution is 2.20. The first-order valence-corrected chi connectivity index (χ1v) is 6.78. The Bertz CT molecular complexity index is 391. The van der Waals surface area contributed by atoms with Crippen molar-refractivity contribution in [3.8, 4) is 0 Å². The molecule has 1 fully saturated rings. The molecule has 0 saturated carbocycles. The number of esters is 1. The van der Waals surface area contributed by atoms with E-state index in [-0.39, 0.29) is 6.54 Å². The van der Waals surface area contributed by atoms with E-state index in [4.69, 9.17) is 4.74 Å². The summed E-state index contributed by atoms with van der Waals surface area (Å²) < 4.78 is 41.3. The zero-order valence-corrected chi connectivity index (χ0v) is 12.4. The van der Waals surface area contributed by atoms with Crippen LogP contribution in [-0.2, 0) is 14.3 Å². The fourth-order valence-electron chi connectivity index (χ4n) is 2.09. The summed E-state index contributed by atoms with van der Waals surface area (Å²) in [6.07, 6.45) is -3.19. The molecule has 21 heavy (non-hydrogen) atoms. The molecule has 0 bridgehead atoms. The summed E-state index contributed by atoms with van der Waals surface area (Å²) in [7, 11) is 0. The standard InChI is InChI=1S/C13H21F3N2O3/c1-12(2,3)21-11(20)9-5-4-6-18(9)7-10(19)17-8-13(14,15)16/h9H,4-8H2,1-3H3,(H,17,19)/t9-/m0/s1. The quantitative estimate of drug-likeness (QED) is 0.799. The third-order valence-electron chi connectivity index (χ3n) is 2.88. The van der Waals surface area contributed by atoms with Gasteiger partial charge in [0, 0.05) is 0 Å². The monoisotopic (exact) mass is 310 g/mol. The molecule has 0 aromatic carbocycles. The summed E-state index contributed by atoms with van der Waals surface area (Å²) in [5.41, 5.74) is -0.635. The van der Waals surface area contributed by atoms with E-state index >= 15 is 0 Å². The maximum Gasteiger partial charge on any atom is 0.405 e. The van der Waals surface area contributed by atoms with Crippen molar-refractivity contribution in [2.24, 2.45) is 0 Å². The van der Waals surface area contributed by atoms with Gasteiger partial charge in [0.05, 0.1) is 6.54 Å². The molecule has 1 amide bonds. The van der Waals surface area contributed by atoms with Crippen LogP contribution in [0.2, 0.25) is 0 Å². The second kappa shape index (κ2) is 6.64. The van der Waals surface area contributed by atoms with Gasteiger partial charge in [-0.2, -0.15) is 13.2 Å². The van der Waals surface area contributed by atoms with Crippen LogP contribution in [0.25, 0.3) is 0 Å². The van der Waals surface area contributed by atoms with E-state index < -0.39 is 36.2 Å². The minimum absolute atomic E-state index is 0.236. The first-order chi connectivity index (χ1) is 9.48. The number of ether oxygens (including phenoxy) is 1. The Balaban J connectivity index is 2.50. The molecular formula is C13H21F3N2O3. The fourth-order valence-corrected chi connectivity index (χ4v) is 2.09. The minimum atomic E-state index is -4.44. The van der Waals surface area contributed by atoms with Gasteiger partial charge in [-0.05, 0) is 40.2 Å². The lowest BCUT2D eigenvalue weighted by molar-refractivity contribution is -0.160. The van der Waals surface area contributed by atoms with Gasteiger partial charge in [0.1, 0.15) is 18.2 Å². The second-order valence-electron chi connectivity index (χ2n) is 6.05. The van der Waals surface area contributed by atoms with Crippen molar-refractivity contribution in [1.29, 1.82) is 0 Å². The summed E-state index contributed by atoms with van der Waals surface area (Å²) in [5, 5.41) is 1.80. The first-order valence-electron chi connectivity index (χ1n) is 6.78. The van der Waals surface area contributed by atoms with Gasteiger partial charge in [0.15, 0.2) is 0 Å². The van der Waals surface area contributed by atoms with Crippen molar-refractivity contribution >= 4 is 11.9 Å². The molecule has 0 aliphatic carbocycles. The van der Waals surface area contributed by atoms with Crippen LogP contribution in [0.1, 0.15) is 33.6 Å². The van der Waals surface area contributed by atoms with Gasteiger partial charge in [0.2, 0.25) is 5.91 Å². The molecule has 1 rings (SSSR count). The Labute approximate surface area is 121 Å². The van der Waals surface area contributed by atoms with E-state index in [2.05, 4.69) is 0 Å². The Morgan fingerprint density at radius 2 is 1.90 bits per heavy atom. The van der Waals surface area contributed by atoms with E-state index in [0.717, 1.165) is 0 Å². The van der Waals surface area contributed by atoms with Crippen LogP contribution in [-0.4, -0.2) is 54.2 Å². The van der Waals surface area contributed by atoms with Gasteiger partial charge in [-0.15, -0.1) is 0 Å². The molecule has 1 saturated heterocycles. The number of nitrogens with one attached hydrogen (secondary N) is 1. The van der Waals surface area contributed by atoms with Gasteiger partial charge >= 0.3 is 12.1 Å². The summed E-state index contributed by atoms with van der Waals surface area (Å²) in [6, 6.07) is -0.569. The van der Waals surface area contributed by atoms with Gasteiger partial charge in [-0.25, -0.2) is 0 Å². The zero-order chi connectivity index (χ0) is 16.3. The predicted molar refractivity (Wildman–Crippen MR) is 69.5 cm³/mol. The van der Waals surface area contributed by atoms with Crippen LogP contribution in [0.4, 0.5) is 13.2 Å². The highest BCUT2D eigenvalue weighted by Gasteiger charge is 2.35. The van der Waals surface area contributed by atoms with E-state index in [1.807, 2.05) is 0 Å². The fraction of sp³-hybridized carbons (Fsp3) is 0.846. The van der Waals surface area contributed by atoms with Crippen molar-refractivity contribution in [3.63, 3.8) is 0 Å². The number of hydrogen-bond acceptors (Lipinski definition) is 4. The van der Waals surface area contributed by atoms with E-state index in [1.54, 1.807) is 31.0 Å². The van der Waals surface area contributed by atoms with Crippen molar-refractivity contribution < 1.29 is 27.5 Å². The number of carbonyl (C=O) groups is 2. The lowest BCUT2D eigenvalue weighted by atomic mass is 10.1. The SMILES string of the molecule is CC(C)(C)OC(=O)[C@@H]1CCCN1CC(=O)NCC(F)(F)F. The molecule has 0 aromatic rings. The summed E-state index contributed by atoms with van der Waals surface area (Å²) in [6.45, 7) is 4.10. The largest absolute Gasteiger partial charge is 0.459 e. The molecule has 0 unspecified atom stereocenters. The molecule has 1 atom stereocenters. The number of carbonyl (C=O) groups excluding carboxylic acids is 2. The number of hydrogen-bond donors (Lipinski definition) is 1. The summed E-state index contributed by atoms with van der Waals surface area (Å²) in [5.74, 6) is -1.19. The maximum absolute atomic E-state index is 12.0. The molecule has 1 aliphatic rings. The van der Waals surface area contributed by atoms with Crippen LogP contribution in [0, 0.1) is 0 Å². The van der Waals surface area contributed by atoms with E-state index in [1.165, 1.54) is 0 Å². The second-order valence-corrected chi connectivity index (χ2v) is 6.05. The van der Waals surface area contributed by atoms with Crippen LogP contribution >= 0.6 is 0 Å². The smallest absolute Gasteiger partial charge is 0.405 e. The summed E-state index contributed by atoms with van der Waals surface area (Å²) in [4.78, 5) is 25.0. The van der Waals surface area contributed by atoms with E-state index in [9.17, 15) is 22.8 Å². The molecule has 0 spiro atoms. The molecule has 0 aromatic heterocycles. The average molecular weight is 310 g/mol. The Kier molecular flexibility index (Phi) is 5.61. The molecule has 1 N–H and O–H groups in total. The third-order valence-corrected chi connectivity index (χ3v) is 2.88. The predicted octanol–water partition coefficient (Wildman–Crippen LogP) is 1.47. The lowest BCUT2D eigenvalue weighted by Crippen LogP contribution is -2.46. The van der Waals surface area contributed by atoms with Crippen molar-refractivity contribution in [1.82, 2.24) is 10.2 Å². The first kappa shape index (κ1) is 17.7. The number of likely N-dealkylation sites (tertiary alicyclic amines) is 1. The van der Waals surface area contributed by atoms with Gasteiger partial charge in [0.25, 0.3) is 0 Å². The normalized spacial score (nSPS) is 20.4. The van der Waals surface area contributed by atoms with Gasteiger partial charge in [-0.3, -0.25) is 14.5 Å². The number of amides is 1. The molecule has 1 aliphatic heterocycles. The lowest BCUT2D eigenvalue weighted by Gasteiger charge is -2.27. The van der Waals surface area contributed by atoms with Crippen LogP contribution in [0.3, 0.4) is 0 Å². The van der Waals surface area contributed by atoms with Gasteiger partial charge in [-0.1, -0.05) is 0 Å². The minimum Gasteiger partial charge on any atom is -0.459 e. The molecule has 0 radical (unpaired) electrons. The van der Waals surface area contributed by atoms with Crippen LogP contribution < -0.4 is 5.32 Å². The van der Waals surface area contributed by atoms with Gasteiger partial charge < -0.3 is 10.1 Å². The highest BCUT2D eigenvalue weighted by molar-refractivity contribution is 5.81. The van der Waals surface area contributed by atoms with Crippen molar-refractivity contribution in [2.75, 3.05) is 19.6 Å². The number of halogens is 3. The van der Waals surface area contributed by atoms with Crippen LogP contribution in [0.15, 0.2) is 0 Å². The Hall–Kier alpha value is -1.31. The Morgan fingerprint density at radius 1 is 1.29 bits per heavy atom. The zero-order valence-electron chi connectivity index (χ0n) is 12.4. The number of nitrogens with zero attached hydrogens (tertiary/aromatic N) is 1. The van der Waals surface area contributed by atoms with Crippen molar-refractivity contribution in [2.45, 2.75) is 51.4 Å². The molecule has 1 heterocycles. The number of alkyl halides is 3. The van der Waals surface area contributed by atoms with Crippen molar-refractivity contribution in [3.05, 3.63) is 0 Å². The molecule has 8 heteroatoms. The van der Waals surface area contributed by atoms with Crippen LogP contribution in [0.5, 0.6) is 0 Å². The molecule has 122 valence electrons. The van der Waals surface area contributed by atoms with E-state index in [0.29, 0.717) is 19.4 Å². The highest BCUT2D eigenvalue weighted by atomic mass is 19.4. The molecule has 5 nitrogen and oxygen atoms in total. The topological polar surface area (TPSA) is 58.6 Å².